The van der Waals surface area contributed by atoms with Crippen LogP contribution in [0.4, 0.5) is 5.95 Å². The molecule has 0 aliphatic rings. The van der Waals surface area contributed by atoms with Gasteiger partial charge in [0.15, 0.2) is 5.65 Å². The van der Waals surface area contributed by atoms with Gasteiger partial charge in [-0.3, -0.25) is 0 Å². The zero-order valence-corrected chi connectivity index (χ0v) is 12.9. The Hall–Kier alpha value is -1.59. The lowest BCUT2D eigenvalue weighted by Crippen LogP contribution is -2.18. The van der Waals surface area contributed by atoms with Gasteiger partial charge in [0, 0.05) is 28.4 Å². The molecule has 1 N–H and O–H groups in total. The molecule has 0 fully saturated rings. The zero-order chi connectivity index (χ0) is 14.1. The molecule has 104 valence electrons. The predicted octanol–water partition coefficient (Wildman–Crippen LogP) is 3.80. The van der Waals surface area contributed by atoms with Gasteiger partial charge < -0.3 is 5.32 Å². The summed E-state index contributed by atoms with van der Waals surface area (Å²) in [7, 11) is 0. The van der Waals surface area contributed by atoms with Gasteiger partial charge in [0.25, 0.3) is 0 Å². The van der Waals surface area contributed by atoms with Gasteiger partial charge in [0.05, 0.1) is 5.02 Å². The second-order valence-electron chi connectivity index (χ2n) is 4.85. The van der Waals surface area contributed by atoms with Crippen molar-refractivity contribution in [1.29, 1.82) is 0 Å². The van der Waals surface area contributed by atoms with Gasteiger partial charge in [0.1, 0.15) is 0 Å². The first-order valence-corrected chi connectivity index (χ1v) is 7.63. The summed E-state index contributed by atoms with van der Waals surface area (Å²) < 4.78 is 1.69. The maximum Gasteiger partial charge on any atom is 0.243 e. The quantitative estimate of drug-likeness (QED) is 0.797. The lowest BCUT2D eigenvalue weighted by molar-refractivity contribution is 0.784. The van der Waals surface area contributed by atoms with Crippen molar-refractivity contribution in [3.8, 4) is 0 Å². The van der Waals surface area contributed by atoms with E-state index in [1.54, 1.807) is 10.7 Å². The van der Waals surface area contributed by atoms with Crippen LogP contribution in [0.3, 0.4) is 0 Å². The summed E-state index contributed by atoms with van der Waals surface area (Å²) in [5, 5.41) is 8.35. The molecule has 6 heteroatoms. The number of pyridine rings is 1. The topological polar surface area (TPSA) is 42.2 Å². The Balaban J connectivity index is 1.72. The number of halogens is 1. The third-order valence-electron chi connectivity index (χ3n) is 2.97. The zero-order valence-electron chi connectivity index (χ0n) is 11.3. The fraction of sp³-hybridized carbons (Fsp3) is 0.286. The van der Waals surface area contributed by atoms with E-state index in [1.165, 1.54) is 9.75 Å². The molecule has 0 aliphatic carbocycles. The van der Waals surface area contributed by atoms with Gasteiger partial charge >= 0.3 is 0 Å². The maximum absolute atomic E-state index is 5.94. The number of aromatic nitrogens is 3. The highest BCUT2D eigenvalue weighted by molar-refractivity contribution is 7.11. The summed E-state index contributed by atoms with van der Waals surface area (Å²) >= 11 is 7.77. The van der Waals surface area contributed by atoms with Gasteiger partial charge in [0.2, 0.25) is 5.95 Å². The van der Waals surface area contributed by atoms with Crippen LogP contribution in [0.25, 0.3) is 5.65 Å². The van der Waals surface area contributed by atoms with E-state index in [4.69, 9.17) is 11.6 Å². The first-order chi connectivity index (χ1) is 9.60. The normalized spacial score (nSPS) is 12.8. The van der Waals surface area contributed by atoms with Crippen LogP contribution >= 0.6 is 22.9 Å². The number of nitrogens with one attached hydrogen (secondary N) is 1. The van der Waals surface area contributed by atoms with E-state index in [0.29, 0.717) is 11.0 Å². The molecule has 0 spiro atoms. The molecule has 0 saturated carbocycles. The first kappa shape index (κ1) is 13.4. The molecule has 3 aromatic heterocycles. The van der Waals surface area contributed by atoms with Crippen LogP contribution in [0.15, 0.2) is 30.5 Å². The van der Waals surface area contributed by atoms with Crippen LogP contribution in [0.1, 0.15) is 16.7 Å². The van der Waals surface area contributed by atoms with E-state index >= 15 is 0 Å². The number of thiophene rings is 1. The summed E-state index contributed by atoms with van der Waals surface area (Å²) in [4.78, 5) is 7.14. The van der Waals surface area contributed by atoms with Crippen molar-refractivity contribution in [3.05, 3.63) is 45.2 Å². The SMILES string of the molecule is Cc1ccc(CC(C)Nc2nc3ccc(Cl)cn3n2)s1. The first-order valence-electron chi connectivity index (χ1n) is 6.44. The van der Waals surface area contributed by atoms with Crippen molar-refractivity contribution < 1.29 is 0 Å². The van der Waals surface area contributed by atoms with Gasteiger partial charge in [-0.2, -0.15) is 4.98 Å². The van der Waals surface area contributed by atoms with Crippen LogP contribution in [0, 0.1) is 6.92 Å². The number of fused-ring (bicyclic) bond motifs is 1. The molecule has 0 aromatic carbocycles. The monoisotopic (exact) mass is 306 g/mol. The maximum atomic E-state index is 5.94. The van der Waals surface area contributed by atoms with Crippen molar-refractivity contribution in [2.24, 2.45) is 0 Å². The molecule has 0 aliphatic heterocycles. The van der Waals surface area contributed by atoms with Gasteiger partial charge in [-0.25, -0.2) is 4.52 Å². The number of nitrogens with zero attached hydrogens (tertiary/aromatic N) is 3. The molecule has 3 aromatic rings. The predicted molar refractivity (Wildman–Crippen MR) is 83.8 cm³/mol. The summed E-state index contributed by atoms with van der Waals surface area (Å²) in [6, 6.07) is 8.27. The second kappa shape index (κ2) is 5.42. The molecule has 4 nitrogen and oxygen atoms in total. The molecule has 0 amide bonds. The Kier molecular flexibility index (Phi) is 3.63. The molecule has 20 heavy (non-hydrogen) atoms. The van der Waals surface area contributed by atoms with Crippen LogP contribution in [0.5, 0.6) is 0 Å². The highest BCUT2D eigenvalue weighted by atomic mass is 35.5. The molecular weight excluding hydrogens is 292 g/mol. The Morgan fingerprint density at radius 1 is 1.35 bits per heavy atom. The number of hydrogen-bond donors (Lipinski definition) is 1. The summed E-state index contributed by atoms with van der Waals surface area (Å²) in [5.74, 6) is 0.632. The highest BCUT2D eigenvalue weighted by Gasteiger charge is 2.09. The van der Waals surface area contributed by atoms with Crippen molar-refractivity contribution in [3.63, 3.8) is 0 Å². The van der Waals surface area contributed by atoms with Crippen molar-refractivity contribution >= 4 is 34.5 Å². The third kappa shape index (κ3) is 2.94. The smallest absolute Gasteiger partial charge is 0.243 e. The average Bonchev–Trinajstić information content (AvgIpc) is 2.94. The minimum Gasteiger partial charge on any atom is -0.350 e. The fourth-order valence-corrected chi connectivity index (χ4v) is 3.26. The van der Waals surface area contributed by atoms with Gasteiger partial charge in [-0.1, -0.05) is 11.6 Å². The van der Waals surface area contributed by atoms with Gasteiger partial charge in [-0.05, 0) is 38.1 Å². The standard InChI is InChI=1S/C14H15ClN4S/c1-9(7-12-5-3-10(2)20-12)16-14-17-13-6-4-11(15)8-19(13)18-14/h3-6,8-9H,7H2,1-2H3,(H,16,18). The Morgan fingerprint density at radius 2 is 2.20 bits per heavy atom. The molecule has 1 atom stereocenters. The lowest BCUT2D eigenvalue weighted by Gasteiger charge is -2.10. The van der Waals surface area contributed by atoms with Crippen LogP contribution in [0.2, 0.25) is 5.02 Å². The molecule has 0 radical (unpaired) electrons. The molecule has 1 unspecified atom stereocenters. The summed E-state index contributed by atoms with van der Waals surface area (Å²) in [5.41, 5.74) is 0.788. The molecule has 3 rings (SSSR count). The Labute approximate surface area is 126 Å². The van der Waals surface area contributed by atoms with Crippen molar-refractivity contribution in [2.45, 2.75) is 26.3 Å². The van der Waals surface area contributed by atoms with E-state index < -0.39 is 0 Å². The second-order valence-corrected chi connectivity index (χ2v) is 6.66. The van der Waals surface area contributed by atoms with Gasteiger partial charge in [-0.15, -0.1) is 16.4 Å². The molecule has 3 heterocycles. The molecule has 0 saturated heterocycles. The molecular formula is C14H15ClN4S. The minimum atomic E-state index is 0.279. The number of anilines is 1. The largest absolute Gasteiger partial charge is 0.350 e. The number of hydrogen-bond acceptors (Lipinski definition) is 4. The van der Waals surface area contributed by atoms with E-state index in [-0.39, 0.29) is 6.04 Å². The van der Waals surface area contributed by atoms with Crippen LogP contribution in [-0.4, -0.2) is 20.6 Å². The van der Waals surface area contributed by atoms with E-state index in [2.05, 4.69) is 41.4 Å². The highest BCUT2D eigenvalue weighted by Crippen LogP contribution is 2.18. The Bertz CT molecular complexity index is 734. The third-order valence-corrected chi connectivity index (χ3v) is 4.22. The van der Waals surface area contributed by atoms with Crippen LogP contribution in [-0.2, 0) is 6.42 Å². The number of aryl methyl sites for hydroxylation is 1. The van der Waals surface area contributed by atoms with Crippen molar-refractivity contribution in [1.82, 2.24) is 14.6 Å². The fourth-order valence-electron chi connectivity index (χ4n) is 2.09. The number of rotatable bonds is 4. The summed E-state index contributed by atoms with van der Waals surface area (Å²) in [6.07, 6.45) is 2.72. The Morgan fingerprint density at radius 3 is 2.95 bits per heavy atom. The van der Waals surface area contributed by atoms with Crippen LogP contribution < -0.4 is 5.32 Å². The lowest BCUT2D eigenvalue weighted by atomic mass is 10.2. The molecule has 0 bridgehead atoms. The van der Waals surface area contributed by atoms with Crippen molar-refractivity contribution in [2.75, 3.05) is 5.32 Å². The van der Waals surface area contributed by atoms with E-state index in [0.717, 1.165) is 12.1 Å². The average molecular weight is 307 g/mol. The van der Waals surface area contributed by atoms with E-state index in [1.807, 2.05) is 23.5 Å². The summed E-state index contributed by atoms with van der Waals surface area (Å²) in [6.45, 7) is 4.26. The van der Waals surface area contributed by atoms with E-state index in [9.17, 15) is 0 Å². The minimum absolute atomic E-state index is 0.279.